The number of nitrogens with two attached hydrogens (primary N) is 1. The molecule has 0 spiro atoms. The van der Waals surface area contributed by atoms with Crippen LogP contribution in [0.4, 0.5) is 0 Å². The maximum atomic E-state index is 12.4. The van der Waals surface area contributed by atoms with Gasteiger partial charge in [0.2, 0.25) is 5.91 Å². The average molecular weight is 342 g/mol. The molecule has 0 saturated heterocycles. The molecule has 1 saturated carbocycles. The van der Waals surface area contributed by atoms with E-state index in [-0.39, 0.29) is 29.8 Å². The van der Waals surface area contributed by atoms with Crippen molar-refractivity contribution in [2.75, 3.05) is 6.54 Å². The topological polar surface area (TPSA) is 85.8 Å². The zero-order valence-corrected chi connectivity index (χ0v) is 14.7. The van der Waals surface area contributed by atoms with E-state index >= 15 is 0 Å². The van der Waals surface area contributed by atoms with Crippen LogP contribution in [-0.2, 0) is 17.8 Å². The summed E-state index contributed by atoms with van der Waals surface area (Å²) in [5, 5.41) is 7.58. The van der Waals surface area contributed by atoms with E-state index in [1.165, 1.54) is 19.3 Å². The lowest BCUT2D eigenvalue weighted by Gasteiger charge is -2.36. The highest BCUT2D eigenvalue weighted by Crippen LogP contribution is 2.38. The lowest BCUT2D eigenvalue weighted by molar-refractivity contribution is -0.124. The van der Waals surface area contributed by atoms with Crippen LogP contribution in [0.1, 0.15) is 56.6 Å². The molecule has 1 fully saturated rings. The number of rotatable bonds is 4. The molecule has 0 bridgehead atoms. The van der Waals surface area contributed by atoms with Gasteiger partial charge in [0.05, 0.1) is 6.54 Å². The maximum absolute atomic E-state index is 12.4. The molecule has 1 atom stereocenters. The number of halogens is 1. The van der Waals surface area contributed by atoms with Crippen LogP contribution in [0.2, 0.25) is 0 Å². The van der Waals surface area contributed by atoms with E-state index in [0.29, 0.717) is 13.0 Å². The van der Waals surface area contributed by atoms with Crippen LogP contribution in [0.25, 0.3) is 0 Å². The second-order valence-corrected chi connectivity index (χ2v) is 7.00. The predicted octanol–water partition coefficient (Wildman–Crippen LogP) is 1.74. The summed E-state index contributed by atoms with van der Waals surface area (Å²) in [6.07, 6.45) is 8.27. The first-order valence-corrected chi connectivity index (χ1v) is 8.50. The number of aryl methyl sites for hydroxylation is 2. The molecule has 6 nitrogen and oxygen atoms in total. The summed E-state index contributed by atoms with van der Waals surface area (Å²) in [7, 11) is 0. The molecule has 1 aromatic rings. The molecule has 2 aliphatic rings. The van der Waals surface area contributed by atoms with Gasteiger partial charge in [-0.25, -0.2) is 9.67 Å². The van der Waals surface area contributed by atoms with Crippen molar-refractivity contribution in [2.24, 2.45) is 11.1 Å². The number of aromatic nitrogens is 3. The molecule has 1 unspecified atom stereocenters. The second kappa shape index (κ2) is 7.62. The first-order valence-electron chi connectivity index (χ1n) is 8.50. The van der Waals surface area contributed by atoms with Crippen LogP contribution < -0.4 is 11.1 Å². The summed E-state index contributed by atoms with van der Waals surface area (Å²) >= 11 is 0. The zero-order chi connectivity index (χ0) is 15.6. The van der Waals surface area contributed by atoms with Crippen LogP contribution in [0.5, 0.6) is 0 Å². The fourth-order valence-electron chi connectivity index (χ4n) is 3.93. The van der Waals surface area contributed by atoms with E-state index < -0.39 is 0 Å². The van der Waals surface area contributed by atoms with Gasteiger partial charge in [-0.15, -0.1) is 12.4 Å². The molecule has 1 aromatic heterocycles. The van der Waals surface area contributed by atoms with Gasteiger partial charge in [0, 0.05) is 18.9 Å². The first kappa shape index (κ1) is 18.2. The van der Waals surface area contributed by atoms with E-state index in [9.17, 15) is 4.79 Å². The lowest BCUT2D eigenvalue weighted by Crippen LogP contribution is -2.45. The van der Waals surface area contributed by atoms with Crippen LogP contribution >= 0.6 is 12.4 Å². The average Bonchev–Trinajstić information content (AvgIpc) is 2.87. The van der Waals surface area contributed by atoms with E-state index in [1.807, 2.05) is 11.6 Å². The SMILES string of the molecule is Cc1nc2n(n1)CC(NC(=O)CC1(CN)CCCCC1)CC2.Cl. The number of carbonyl (C=O) groups excluding carboxylic acids is 1. The van der Waals surface area contributed by atoms with Crippen molar-refractivity contribution in [3.8, 4) is 0 Å². The number of hydrogen-bond acceptors (Lipinski definition) is 4. The van der Waals surface area contributed by atoms with Crippen molar-refractivity contribution in [3.05, 3.63) is 11.6 Å². The summed E-state index contributed by atoms with van der Waals surface area (Å²) < 4.78 is 1.93. The Hall–Kier alpha value is -1.14. The van der Waals surface area contributed by atoms with Crippen molar-refractivity contribution in [2.45, 2.75) is 70.9 Å². The fourth-order valence-corrected chi connectivity index (χ4v) is 3.93. The smallest absolute Gasteiger partial charge is 0.220 e. The second-order valence-electron chi connectivity index (χ2n) is 7.00. The van der Waals surface area contributed by atoms with Gasteiger partial charge in [-0.2, -0.15) is 5.10 Å². The molecular weight excluding hydrogens is 314 g/mol. The van der Waals surface area contributed by atoms with E-state index in [4.69, 9.17) is 5.73 Å². The van der Waals surface area contributed by atoms with Crippen LogP contribution in [0, 0.1) is 12.3 Å². The number of fused-ring (bicyclic) bond motifs is 1. The zero-order valence-electron chi connectivity index (χ0n) is 13.9. The predicted molar refractivity (Wildman–Crippen MR) is 91.4 cm³/mol. The van der Waals surface area contributed by atoms with Crippen molar-refractivity contribution in [3.63, 3.8) is 0 Å². The molecule has 3 rings (SSSR count). The van der Waals surface area contributed by atoms with E-state index in [2.05, 4.69) is 15.4 Å². The number of nitrogens with one attached hydrogen (secondary N) is 1. The number of nitrogens with zero attached hydrogens (tertiary/aromatic N) is 3. The van der Waals surface area contributed by atoms with Gasteiger partial charge < -0.3 is 11.1 Å². The van der Waals surface area contributed by atoms with Gasteiger partial charge in [-0.3, -0.25) is 4.79 Å². The molecule has 130 valence electrons. The van der Waals surface area contributed by atoms with Gasteiger partial charge >= 0.3 is 0 Å². The summed E-state index contributed by atoms with van der Waals surface area (Å²) in [5.74, 6) is 2.00. The minimum absolute atomic E-state index is 0. The largest absolute Gasteiger partial charge is 0.351 e. The highest BCUT2D eigenvalue weighted by molar-refractivity contribution is 5.85. The molecule has 1 amide bonds. The molecule has 7 heteroatoms. The van der Waals surface area contributed by atoms with Gasteiger partial charge in [0.15, 0.2) is 0 Å². The number of hydrogen-bond donors (Lipinski definition) is 2. The van der Waals surface area contributed by atoms with Crippen LogP contribution in [-0.4, -0.2) is 33.3 Å². The van der Waals surface area contributed by atoms with E-state index in [1.54, 1.807) is 0 Å². The number of carbonyl (C=O) groups is 1. The molecule has 2 heterocycles. The Balaban J connectivity index is 0.00000192. The van der Waals surface area contributed by atoms with E-state index in [0.717, 1.165) is 43.9 Å². The summed E-state index contributed by atoms with van der Waals surface area (Å²) in [4.78, 5) is 16.9. The van der Waals surface area contributed by atoms with Gasteiger partial charge in [0.1, 0.15) is 11.6 Å². The Morgan fingerprint density at radius 3 is 2.83 bits per heavy atom. The first-order chi connectivity index (χ1) is 10.6. The van der Waals surface area contributed by atoms with Crippen molar-refractivity contribution < 1.29 is 4.79 Å². The Labute approximate surface area is 144 Å². The summed E-state index contributed by atoms with van der Waals surface area (Å²) in [6.45, 7) is 3.27. The third-order valence-corrected chi connectivity index (χ3v) is 5.21. The molecular formula is C16H28ClN5O. The highest BCUT2D eigenvalue weighted by atomic mass is 35.5. The van der Waals surface area contributed by atoms with Crippen LogP contribution in [0.15, 0.2) is 0 Å². The van der Waals surface area contributed by atoms with Crippen molar-refractivity contribution >= 4 is 18.3 Å². The third kappa shape index (κ3) is 4.23. The molecule has 1 aliphatic heterocycles. The van der Waals surface area contributed by atoms with Gasteiger partial charge in [-0.1, -0.05) is 19.3 Å². The Kier molecular flexibility index (Phi) is 6.03. The number of amides is 1. The quantitative estimate of drug-likeness (QED) is 0.873. The lowest BCUT2D eigenvalue weighted by atomic mass is 9.71. The highest BCUT2D eigenvalue weighted by Gasteiger charge is 2.33. The standard InChI is InChI=1S/C16H27N5O.ClH/c1-12-18-14-6-5-13(10-21(14)20-12)19-15(22)9-16(11-17)7-3-2-4-8-16;/h13H,2-11,17H2,1H3,(H,19,22);1H. The minimum Gasteiger partial charge on any atom is -0.351 e. The summed E-state index contributed by atoms with van der Waals surface area (Å²) in [5.41, 5.74) is 6.02. The monoisotopic (exact) mass is 341 g/mol. The Morgan fingerprint density at radius 1 is 1.39 bits per heavy atom. The minimum atomic E-state index is 0. The molecule has 3 N–H and O–H groups in total. The molecule has 0 radical (unpaired) electrons. The van der Waals surface area contributed by atoms with Gasteiger partial charge in [-0.05, 0) is 38.1 Å². The Morgan fingerprint density at radius 2 is 2.13 bits per heavy atom. The van der Waals surface area contributed by atoms with Crippen LogP contribution in [0.3, 0.4) is 0 Å². The fraction of sp³-hybridized carbons (Fsp3) is 0.812. The molecule has 1 aliphatic carbocycles. The van der Waals surface area contributed by atoms with Crippen molar-refractivity contribution in [1.82, 2.24) is 20.1 Å². The normalized spacial score (nSPS) is 22.8. The van der Waals surface area contributed by atoms with Gasteiger partial charge in [0.25, 0.3) is 0 Å². The third-order valence-electron chi connectivity index (χ3n) is 5.21. The molecule has 0 aromatic carbocycles. The molecule has 23 heavy (non-hydrogen) atoms. The maximum Gasteiger partial charge on any atom is 0.220 e. The van der Waals surface area contributed by atoms with Crippen molar-refractivity contribution in [1.29, 1.82) is 0 Å². The summed E-state index contributed by atoms with van der Waals surface area (Å²) in [6, 6.07) is 0.166. The Bertz CT molecular complexity index is 539.